The van der Waals surface area contributed by atoms with Gasteiger partial charge in [-0.05, 0) is 30.7 Å². The second kappa shape index (κ2) is 6.65. The Bertz CT molecular complexity index is 521. The molecule has 1 aromatic carbocycles. The van der Waals surface area contributed by atoms with Gasteiger partial charge in [0.1, 0.15) is 0 Å². The monoisotopic (exact) mass is 286 g/mol. The van der Waals surface area contributed by atoms with Gasteiger partial charge in [0.05, 0.1) is 11.5 Å². The van der Waals surface area contributed by atoms with Crippen LogP contribution in [0.5, 0.6) is 0 Å². The fraction of sp³-hybridized carbons (Fsp3) is 0.417. The van der Waals surface area contributed by atoms with Gasteiger partial charge in [-0.15, -0.1) is 0 Å². The zero-order chi connectivity index (χ0) is 14.5. The van der Waals surface area contributed by atoms with E-state index in [1.807, 2.05) is 0 Å². The highest BCUT2D eigenvalue weighted by Crippen LogP contribution is 2.11. The van der Waals surface area contributed by atoms with Gasteiger partial charge in [-0.25, -0.2) is 13.1 Å². The predicted octanol–water partition coefficient (Wildman–Crippen LogP) is 0.0954. The molecule has 0 bridgehead atoms. The third kappa shape index (κ3) is 4.02. The number of aliphatic hydroxyl groups is 1. The number of carbonyl (C=O) groups is 1. The smallest absolute Gasteiger partial charge is 0.251 e. The molecule has 1 aromatic rings. The Morgan fingerprint density at radius 1 is 1.32 bits per heavy atom. The molecule has 0 aliphatic heterocycles. The Kier molecular flexibility index (Phi) is 5.46. The molecular weight excluding hydrogens is 268 g/mol. The van der Waals surface area contributed by atoms with Crippen LogP contribution in [-0.4, -0.2) is 39.1 Å². The van der Waals surface area contributed by atoms with Gasteiger partial charge in [-0.1, -0.05) is 6.92 Å². The van der Waals surface area contributed by atoms with E-state index in [1.165, 1.54) is 31.3 Å². The van der Waals surface area contributed by atoms with E-state index in [0.29, 0.717) is 12.0 Å². The minimum Gasteiger partial charge on any atom is -0.395 e. The molecule has 7 heteroatoms. The maximum absolute atomic E-state index is 12.0. The van der Waals surface area contributed by atoms with E-state index in [-0.39, 0.29) is 17.4 Å². The summed E-state index contributed by atoms with van der Waals surface area (Å²) < 4.78 is 26.4. The topological polar surface area (TPSA) is 95.5 Å². The number of nitrogens with one attached hydrogen (secondary N) is 2. The number of aliphatic hydroxyl groups excluding tert-OH is 1. The van der Waals surface area contributed by atoms with E-state index in [9.17, 15) is 13.2 Å². The van der Waals surface area contributed by atoms with Gasteiger partial charge in [0, 0.05) is 18.7 Å². The third-order valence-electron chi connectivity index (χ3n) is 2.69. The molecule has 1 amide bonds. The summed E-state index contributed by atoms with van der Waals surface area (Å²) in [6.07, 6.45) is 0.492. The summed E-state index contributed by atoms with van der Waals surface area (Å²) in [5.74, 6) is -0.279. The molecule has 0 saturated heterocycles. The maximum Gasteiger partial charge on any atom is 0.251 e. The Morgan fingerprint density at radius 3 is 2.32 bits per heavy atom. The molecule has 19 heavy (non-hydrogen) atoms. The number of hydrogen-bond acceptors (Lipinski definition) is 4. The van der Waals surface area contributed by atoms with Gasteiger partial charge in [0.2, 0.25) is 10.0 Å². The summed E-state index contributed by atoms with van der Waals surface area (Å²) in [7, 11) is -2.17. The highest BCUT2D eigenvalue weighted by Gasteiger charge is 2.18. The lowest BCUT2D eigenvalue weighted by Gasteiger charge is -2.14. The first-order chi connectivity index (χ1) is 8.94. The van der Waals surface area contributed by atoms with Crippen molar-refractivity contribution in [3.63, 3.8) is 0 Å². The number of rotatable bonds is 6. The number of benzene rings is 1. The summed E-state index contributed by atoms with van der Waals surface area (Å²) in [5.41, 5.74) is 0.385. The van der Waals surface area contributed by atoms with Crippen molar-refractivity contribution in [2.24, 2.45) is 0 Å². The van der Waals surface area contributed by atoms with Gasteiger partial charge in [-0.2, -0.15) is 0 Å². The second-order valence-corrected chi connectivity index (χ2v) is 5.73. The van der Waals surface area contributed by atoms with E-state index in [0.717, 1.165) is 0 Å². The second-order valence-electron chi connectivity index (χ2n) is 4.01. The Balaban J connectivity index is 2.93. The first kappa shape index (κ1) is 15.6. The van der Waals surface area contributed by atoms with Crippen LogP contribution in [0.3, 0.4) is 0 Å². The molecule has 1 unspecified atom stereocenters. The summed E-state index contributed by atoms with van der Waals surface area (Å²) in [6, 6.07) is 5.08. The molecule has 1 atom stereocenters. The van der Waals surface area contributed by atoms with Crippen molar-refractivity contribution < 1.29 is 18.3 Å². The largest absolute Gasteiger partial charge is 0.395 e. The van der Waals surface area contributed by atoms with Crippen molar-refractivity contribution in [1.29, 1.82) is 0 Å². The molecular formula is C12H18N2O4S. The molecule has 0 saturated carbocycles. The third-order valence-corrected chi connectivity index (χ3v) is 4.23. The van der Waals surface area contributed by atoms with Gasteiger partial charge in [0.25, 0.3) is 5.91 Å². The lowest BCUT2D eigenvalue weighted by Crippen LogP contribution is -2.36. The van der Waals surface area contributed by atoms with E-state index < -0.39 is 16.1 Å². The standard InChI is InChI=1S/C12H18N2O4S/c1-3-10(8-15)14-19(17,18)11-6-4-9(5-7-11)12(16)13-2/h4-7,10,14-15H,3,8H2,1-2H3,(H,13,16). The van der Waals surface area contributed by atoms with Crippen LogP contribution in [0.4, 0.5) is 0 Å². The van der Waals surface area contributed by atoms with Crippen LogP contribution in [0, 0.1) is 0 Å². The summed E-state index contributed by atoms with van der Waals surface area (Å²) in [6.45, 7) is 1.52. The lowest BCUT2D eigenvalue weighted by molar-refractivity contribution is 0.0963. The van der Waals surface area contributed by atoms with Crippen LogP contribution in [0.1, 0.15) is 23.7 Å². The fourth-order valence-corrected chi connectivity index (χ4v) is 2.78. The summed E-state index contributed by atoms with van der Waals surface area (Å²) in [5, 5.41) is 11.5. The quantitative estimate of drug-likeness (QED) is 0.691. The van der Waals surface area contributed by atoms with Crippen LogP contribution >= 0.6 is 0 Å². The predicted molar refractivity (Wildman–Crippen MR) is 71.3 cm³/mol. The molecule has 1 rings (SSSR count). The molecule has 106 valence electrons. The van der Waals surface area contributed by atoms with Crippen molar-refractivity contribution in [2.75, 3.05) is 13.7 Å². The first-order valence-electron chi connectivity index (χ1n) is 5.90. The van der Waals surface area contributed by atoms with E-state index in [4.69, 9.17) is 5.11 Å². The highest BCUT2D eigenvalue weighted by atomic mass is 32.2. The van der Waals surface area contributed by atoms with Crippen LogP contribution in [0.2, 0.25) is 0 Å². The molecule has 3 N–H and O–H groups in total. The zero-order valence-electron chi connectivity index (χ0n) is 10.9. The first-order valence-corrected chi connectivity index (χ1v) is 7.38. The Hall–Kier alpha value is -1.44. The van der Waals surface area contributed by atoms with Crippen molar-refractivity contribution in [2.45, 2.75) is 24.3 Å². The Morgan fingerprint density at radius 2 is 1.89 bits per heavy atom. The average Bonchev–Trinajstić information content (AvgIpc) is 2.44. The molecule has 0 fully saturated rings. The van der Waals surface area contributed by atoms with E-state index in [1.54, 1.807) is 6.92 Å². The number of hydrogen-bond donors (Lipinski definition) is 3. The number of sulfonamides is 1. The molecule has 0 radical (unpaired) electrons. The summed E-state index contributed by atoms with van der Waals surface area (Å²) >= 11 is 0. The minimum atomic E-state index is -3.67. The van der Waals surface area contributed by atoms with Crippen LogP contribution in [0.15, 0.2) is 29.2 Å². The molecule has 0 aliphatic rings. The van der Waals surface area contributed by atoms with Crippen LogP contribution < -0.4 is 10.0 Å². The number of carbonyl (C=O) groups excluding carboxylic acids is 1. The van der Waals surface area contributed by atoms with Crippen molar-refractivity contribution in [3.05, 3.63) is 29.8 Å². The Labute approximate surface area is 112 Å². The van der Waals surface area contributed by atoms with Gasteiger partial charge in [0.15, 0.2) is 0 Å². The fourth-order valence-electron chi connectivity index (χ4n) is 1.47. The average molecular weight is 286 g/mol. The van der Waals surface area contributed by atoms with Crippen molar-refractivity contribution >= 4 is 15.9 Å². The van der Waals surface area contributed by atoms with Gasteiger partial charge < -0.3 is 10.4 Å². The minimum absolute atomic E-state index is 0.0621. The zero-order valence-corrected chi connectivity index (χ0v) is 11.7. The molecule has 6 nitrogen and oxygen atoms in total. The highest BCUT2D eigenvalue weighted by molar-refractivity contribution is 7.89. The van der Waals surface area contributed by atoms with Gasteiger partial charge >= 0.3 is 0 Å². The molecule has 0 spiro atoms. The van der Waals surface area contributed by atoms with Crippen LogP contribution in [-0.2, 0) is 10.0 Å². The van der Waals surface area contributed by atoms with Crippen molar-refractivity contribution in [1.82, 2.24) is 10.0 Å². The number of amides is 1. The van der Waals surface area contributed by atoms with Gasteiger partial charge in [-0.3, -0.25) is 4.79 Å². The lowest BCUT2D eigenvalue weighted by atomic mass is 10.2. The molecule has 0 aromatic heterocycles. The van der Waals surface area contributed by atoms with Crippen LogP contribution in [0.25, 0.3) is 0 Å². The molecule has 0 aliphatic carbocycles. The van der Waals surface area contributed by atoms with E-state index >= 15 is 0 Å². The molecule has 0 heterocycles. The normalized spacial score (nSPS) is 13.0. The van der Waals surface area contributed by atoms with E-state index in [2.05, 4.69) is 10.0 Å². The summed E-state index contributed by atoms with van der Waals surface area (Å²) in [4.78, 5) is 11.4. The SMILES string of the molecule is CCC(CO)NS(=O)(=O)c1ccc(C(=O)NC)cc1. The van der Waals surface area contributed by atoms with Crippen molar-refractivity contribution in [3.8, 4) is 0 Å². The maximum atomic E-state index is 12.0.